The van der Waals surface area contributed by atoms with Gasteiger partial charge in [0.2, 0.25) is 0 Å². The monoisotopic (exact) mass is 328 g/mol. The number of unbranched alkanes of at least 4 members (excludes halogenated alkanes) is 6. The molecule has 0 aliphatic carbocycles. The molecule has 0 aromatic carbocycles. The predicted octanol–water partition coefficient (Wildman–Crippen LogP) is 5.53. The van der Waals surface area contributed by atoms with E-state index in [1.54, 1.807) is 0 Å². The molecule has 0 aromatic heterocycles. The Bertz CT molecular complexity index is 124. The van der Waals surface area contributed by atoms with Crippen LogP contribution in [0.2, 0.25) is 8.87 Å². The molecule has 0 rings (SSSR count). The average Bonchev–Trinajstić information content (AvgIpc) is 2.20. The summed E-state index contributed by atoms with van der Waals surface area (Å²) < 4.78 is 27.6. The predicted molar refractivity (Wildman–Crippen MR) is 65.9 cm³/mol. The summed E-state index contributed by atoms with van der Waals surface area (Å²) in [5.74, 6) is 0. The molecule has 15 heavy (non-hydrogen) atoms. The molecule has 0 saturated heterocycles. The van der Waals surface area contributed by atoms with Gasteiger partial charge in [-0.1, -0.05) is 0 Å². The van der Waals surface area contributed by atoms with Crippen LogP contribution in [-0.2, 0) is 0 Å². The number of rotatable bonds is 10. The molecule has 0 aliphatic rings. The summed E-state index contributed by atoms with van der Waals surface area (Å²) in [6.45, 7) is 4.23. The van der Waals surface area contributed by atoms with Crippen molar-refractivity contribution in [3.05, 3.63) is 0 Å². The summed E-state index contributed by atoms with van der Waals surface area (Å²) >= 11 is -4.52. The number of halogens is 2. The Morgan fingerprint density at radius 1 is 0.667 bits per heavy atom. The minimum atomic E-state index is -4.52. The van der Waals surface area contributed by atoms with Crippen molar-refractivity contribution in [1.82, 2.24) is 0 Å². The third-order valence-electron chi connectivity index (χ3n) is 2.79. The van der Waals surface area contributed by atoms with Crippen LogP contribution in [-0.4, -0.2) is 19.5 Å². The van der Waals surface area contributed by atoms with Crippen LogP contribution in [0.1, 0.15) is 65.2 Å². The van der Waals surface area contributed by atoms with E-state index in [2.05, 4.69) is 13.8 Å². The molecule has 0 amide bonds. The zero-order valence-corrected chi connectivity index (χ0v) is 13.2. The van der Waals surface area contributed by atoms with E-state index in [0.717, 1.165) is 51.4 Å². The molecule has 0 heterocycles. The third kappa shape index (κ3) is 10.9. The van der Waals surface area contributed by atoms with E-state index in [-0.39, 0.29) is 0 Å². The first-order valence-corrected chi connectivity index (χ1v) is 12.7. The Morgan fingerprint density at radius 2 is 1.07 bits per heavy atom. The topological polar surface area (TPSA) is 0 Å². The van der Waals surface area contributed by atoms with E-state index < -0.39 is 19.5 Å². The summed E-state index contributed by atoms with van der Waals surface area (Å²) in [6.07, 6.45) is 8.11. The SMILES string of the molecule is CCCCC[CH2][Sn]([F])([F])[CH2]CCCCC. The first-order chi connectivity index (χ1) is 7.12. The van der Waals surface area contributed by atoms with Crippen molar-refractivity contribution in [2.45, 2.75) is 74.1 Å². The third-order valence-corrected chi connectivity index (χ3v) is 8.99. The van der Waals surface area contributed by atoms with Crippen molar-refractivity contribution in [2.75, 3.05) is 0 Å². The molecule has 0 atom stereocenters. The molecule has 0 bridgehead atoms. The average molecular weight is 327 g/mol. The molecule has 0 unspecified atom stereocenters. The van der Waals surface area contributed by atoms with Crippen LogP contribution >= 0.6 is 0 Å². The molecule has 0 spiro atoms. The maximum absolute atomic E-state index is 13.5. The van der Waals surface area contributed by atoms with Crippen LogP contribution in [0.3, 0.4) is 0 Å². The van der Waals surface area contributed by atoms with Gasteiger partial charge in [0.1, 0.15) is 0 Å². The van der Waals surface area contributed by atoms with E-state index in [0.29, 0.717) is 8.87 Å². The van der Waals surface area contributed by atoms with Crippen molar-refractivity contribution in [2.24, 2.45) is 0 Å². The molecular formula is C12H26F2Sn. The molecule has 0 aromatic rings. The molecule has 0 nitrogen and oxygen atoms in total. The van der Waals surface area contributed by atoms with Gasteiger partial charge in [0, 0.05) is 0 Å². The molecule has 0 radical (unpaired) electrons. The van der Waals surface area contributed by atoms with Gasteiger partial charge in [0.15, 0.2) is 0 Å². The molecule has 0 saturated carbocycles. The van der Waals surface area contributed by atoms with Crippen LogP contribution in [0.4, 0.5) is 5.73 Å². The summed E-state index contributed by atoms with van der Waals surface area (Å²) in [5, 5.41) is 0. The fourth-order valence-electron chi connectivity index (χ4n) is 1.75. The number of hydrogen-bond acceptors (Lipinski definition) is 0. The van der Waals surface area contributed by atoms with Gasteiger partial charge in [-0.25, -0.2) is 0 Å². The fraction of sp³-hybridized carbons (Fsp3) is 1.00. The van der Waals surface area contributed by atoms with Gasteiger partial charge in [-0.05, 0) is 0 Å². The molecule has 3 heteroatoms. The quantitative estimate of drug-likeness (QED) is 0.366. The van der Waals surface area contributed by atoms with Crippen molar-refractivity contribution >= 4 is 19.5 Å². The Morgan fingerprint density at radius 3 is 1.40 bits per heavy atom. The number of hydrogen-bond donors (Lipinski definition) is 0. The standard InChI is InChI=1S/2C6H13.2FH.Sn/c2*1-3-5-6-4-2;;;/h2*1,3-6H2,2H3;2*1H;/q;;;;+2/p-2. The second-order valence-corrected chi connectivity index (χ2v) is 12.2. The summed E-state index contributed by atoms with van der Waals surface area (Å²) in [5.41, 5.74) is 0. The molecule has 92 valence electrons. The van der Waals surface area contributed by atoms with Gasteiger partial charge in [-0.2, -0.15) is 0 Å². The Hall–Kier alpha value is 0.659. The molecule has 0 aliphatic heterocycles. The second kappa shape index (κ2) is 9.85. The summed E-state index contributed by atoms with van der Waals surface area (Å²) in [4.78, 5) is 0. The Kier molecular flexibility index (Phi) is 10.3. The van der Waals surface area contributed by atoms with Gasteiger partial charge < -0.3 is 0 Å². The fourth-order valence-corrected chi connectivity index (χ4v) is 6.84. The van der Waals surface area contributed by atoms with Crippen LogP contribution in [0.25, 0.3) is 0 Å². The Balaban J connectivity index is 3.40. The van der Waals surface area contributed by atoms with Gasteiger partial charge in [-0.3, -0.25) is 0 Å². The summed E-state index contributed by atoms with van der Waals surface area (Å²) in [7, 11) is 0. The Labute approximate surface area is 99.3 Å². The zero-order chi connectivity index (χ0) is 11.6. The van der Waals surface area contributed by atoms with Gasteiger partial charge in [-0.15, -0.1) is 0 Å². The van der Waals surface area contributed by atoms with Gasteiger partial charge in [0.25, 0.3) is 0 Å². The zero-order valence-electron chi connectivity index (χ0n) is 10.3. The van der Waals surface area contributed by atoms with E-state index in [9.17, 15) is 5.73 Å². The van der Waals surface area contributed by atoms with Gasteiger partial charge >= 0.3 is 99.3 Å². The van der Waals surface area contributed by atoms with Crippen molar-refractivity contribution in [3.8, 4) is 0 Å². The van der Waals surface area contributed by atoms with Gasteiger partial charge in [0.05, 0.1) is 0 Å². The van der Waals surface area contributed by atoms with Crippen LogP contribution < -0.4 is 0 Å². The van der Waals surface area contributed by atoms with E-state index in [1.807, 2.05) is 0 Å². The summed E-state index contributed by atoms with van der Waals surface area (Å²) in [6, 6.07) is 0. The van der Waals surface area contributed by atoms with Crippen LogP contribution in [0.15, 0.2) is 0 Å². The first kappa shape index (κ1) is 15.7. The van der Waals surface area contributed by atoms with Crippen molar-refractivity contribution in [3.63, 3.8) is 0 Å². The van der Waals surface area contributed by atoms with E-state index in [1.165, 1.54) is 0 Å². The van der Waals surface area contributed by atoms with Crippen molar-refractivity contribution < 1.29 is 5.73 Å². The minimum absolute atomic E-state index is 0.306. The van der Waals surface area contributed by atoms with Crippen LogP contribution in [0, 0.1) is 0 Å². The van der Waals surface area contributed by atoms with Crippen LogP contribution in [0.5, 0.6) is 0 Å². The molecule has 0 fully saturated rings. The molecular weight excluding hydrogens is 301 g/mol. The first-order valence-electron chi connectivity index (χ1n) is 6.50. The van der Waals surface area contributed by atoms with Crippen molar-refractivity contribution in [1.29, 1.82) is 0 Å². The second-order valence-electron chi connectivity index (χ2n) is 4.48. The maximum atomic E-state index is 13.5. The molecule has 0 N–H and O–H groups in total. The van der Waals surface area contributed by atoms with E-state index in [4.69, 9.17) is 0 Å². The normalized spacial score (nSPS) is 12.0. The van der Waals surface area contributed by atoms with E-state index >= 15 is 0 Å².